The largest absolute Gasteiger partial charge is 0.366 e. The van der Waals surface area contributed by atoms with Crippen LogP contribution in [0.15, 0.2) is 42.6 Å². The first-order chi connectivity index (χ1) is 16.0. The van der Waals surface area contributed by atoms with E-state index >= 15 is 0 Å². The fraction of sp³-hybridized carbons (Fsp3) is 0.333. The van der Waals surface area contributed by atoms with Gasteiger partial charge in [0.15, 0.2) is 10.9 Å². The van der Waals surface area contributed by atoms with Crippen molar-refractivity contribution in [1.82, 2.24) is 24.6 Å². The minimum Gasteiger partial charge on any atom is -0.366 e. The summed E-state index contributed by atoms with van der Waals surface area (Å²) < 4.78 is 3.00. The van der Waals surface area contributed by atoms with Crippen LogP contribution in [0, 0.1) is 20.8 Å². The lowest BCUT2D eigenvalue weighted by atomic mass is 10.2. The predicted molar refractivity (Wildman–Crippen MR) is 132 cm³/mol. The lowest BCUT2D eigenvalue weighted by Gasteiger charge is -2.35. The molecule has 9 heteroatoms. The molecule has 5 rings (SSSR count). The normalized spacial score (nSPS) is 14.7. The molecule has 1 amide bonds. The number of nitrogens with zero attached hydrogens (tertiary/aromatic N) is 6. The maximum absolute atomic E-state index is 12.6. The number of amides is 1. The van der Waals surface area contributed by atoms with E-state index in [2.05, 4.69) is 45.0 Å². The molecule has 8 nitrogen and oxygen atoms in total. The van der Waals surface area contributed by atoms with Gasteiger partial charge in [-0.1, -0.05) is 23.5 Å². The van der Waals surface area contributed by atoms with Gasteiger partial charge < -0.3 is 10.2 Å². The Bertz CT molecular complexity index is 1290. The fourth-order valence-electron chi connectivity index (χ4n) is 4.37. The molecule has 0 atom stereocenters. The molecule has 170 valence electrons. The van der Waals surface area contributed by atoms with Crippen molar-refractivity contribution in [2.24, 2.45) is 0 Å². The third-order valence-electron chi connectivity index (χ3n) is 5.97. The average molecular weight is 462 g/mol. The zero-order valence-corrected chi connectivity index (χ0v) is 19.9. The highest BCUT2D eigenvalue weighted by Crippen LogP contribution is 2.28. The lowest BCUT2D eigenvalue weighted by Crippen LogP contribution is -2.49. The van der Waals surface area contributed by atoms with E-state index in [4.69, 9.17) is 5.10 Å². The van der Waals surface area contributed by atoms with Gasteiger partial charge in [-0.15, -0.1) is 0 Å². The molecular weight excluding hydrogens is 434 g/mol. The van der Waals surface area contributed by atoms with Crippen LogP contribution in [0.2, 0.25) is 0 Å². The monoisotopic (exact) mass is 461 g/mol. The second-order valence-corrected chi connectivity index (χ2v) is 9.45. The summed E-state index contributed by atoms with van der Waals surface area (Å²) in [5, 5.41) is 8.36. The second-order valence-electron chi connectivity index (χ2n) is 8.42. The van der Waals surface area contributed by atoms with Crippen molar-refractivity contribution in [2.45, 2.75) is 20.8 Å². The summed E-state index contributed by atoms with van der Waals surface area (Å²) in [7, 11) is 0. The number of carbonyl (C=O) groups is 1. The van der Waals surface area contributed by atoms with Crippen LogP contribution in [0.25, 0.3) is 16.0 Å². The standard InChI is InChI=1S/C24H27N7OS/c1-16-7-8-19-20(14-16)33-24(26-19)27-22(32)15-29-10-12-30(13-11-29)23-17(2)28-31(18(23)3)21-6-4-5-9-25-21/h4-9,14H,10-13,15H2,1-3H3,(H,26,27,32). The molecule has 0 radical (unpaired) electrons. The van der Waals surface area contributed by atoms with E-state index in [-0.39, 0.29) is 5.91 Å². The number of aromatic nitrogens is 4. The van der Waals surface area contributed by atoms with Gasteiger partial charge in [0.1, 0.15) is 0 Å². The molecule has 1 aliphatic heterocycles. The van der Waals surface area contributed by atoms with Gasteiger partial charge in [0, 0.05) is 32.4 Å². The summed E-state index contributed by atoms with van der Waals surface area (Å²) >= 11 is 1.52. The van der Waals surface area contributed by atoms with E-state index in [1.54, 1.807) is 6.20 Å². The van der Waals surface area contributed by atoms with Crippen LogP contribution < -0.4 is 10.2 Å². The maximum atomic E-state index is 12.6. The van der Waals surface area contributed by atoms with Crippen molar-refractivity contribution in [3.8, 4) is 5.82 Å². The van der Waals surface area contributed by atoms with Gasteiger partial charge in [0.25, 0.3) is 0 Å². The van der Waals surface area contributed by atoms with E-state index in [0.717, 1.165) is 59.3 Å². The predicted octanol–water partition coefficient (Wildman–Crippen LogP) is 3.56. The van der Waals surface area contributed by atoms with Crippen molar-refractivity contribution in [3.63, 3.8) is 0 Å². The van der Waals surface area contributed by atoms with Crippen LogP contribution >= 0.6 is 11.3 Å². The topological polar surface area (TPSA) is 79.2 Å². The van der Waals surface area contributed by atoms with Crippen LogP contribution in [0.5, 0.6) is 0 Å². The van der Waals surface area contributed by atoms with E-state index in [1.807, 2.05) is 41.9 Å². The Morgan fingerprint density at radius 1 is 1.09 bits per heavy atom. The maximum Gasteiger partial charge on any atom is 0.240 e. The summed E-state index contributed by atoms with van der Waals surface area (Å²) in [6.07, 6.45) is 1.78. The number of anilines is 2. The second kappa shape index (κ2) is 8.92. The van der Waals surface area contributed by atoms with Crippen molar-refractivity contribution in [1.29, 1.82) is 0 Å². The van der Waals surface area contributed by atoms with Gasteiger partial charge in [0.2, 0.25) is 5.91 Å². The third-order valence-corrected chi connectivity index (χ3v) is 6.90. The quantitative estimate of drug-likeness (QED) is 0.490. The van der Waals surface area contributed by atoms with Crippen LogP contribution in [0.3, 0.4) is 0 Å². The highest BCUT2D eigenvalue weighted by molar-refractivity contribution is 7.22. The number of benzene rings is 1. The molecule has 0 aliphatic carbocycles. The summed E-state index contributed by atoms with van der Waals surface area (Å²) in [4.78, 5) is 26.1. The van der Waals surface area contributed by atoms with Crippen molar-refractivity contribution in [3.05, 3.63) is 59.5 Å². The van der Waals surface area contributed by atoms with Gasteiger partial charge in [-0.05, 0) is 50.6 Å². The van der Waals surface area contributed by atoms with Crippen molar-refractivity contribution in [2.75, 3.05) is 42.9 Å². The Labute approximate surface area is 196 Å². The van der Waals surface area contributed by atoms with Crippen molar-refractivity contribution < 1.29 is 4.79 Å². The molecule has 1 aliphatic rings. The Hall–Kier alpha value is -3.30. The Kier molecular flexibility index (Phi) is 5.82. The van der Waals surface area contributed by atoms with Crippen molar-refractivity contribution >= 4 is 38.3 Å². The minimum atomic E-state index is -0.0189. The summed E-state index contributed by atoms with van der Waals surface area (Å²) in [5.74, 6) is 0.805. The first-order valence-corrected chi connectivity index (χ1v) is 11.9. The van der Waals surface area contributed by atoms with Gasteiger partial charge in [-0.2, -0.15) is 5.10 Å². The van der Waals surface area contributed by atoms with Crippen LogP contribution in [0.4, 0.5) is 10.8 Å². The third kappa shape index (κ3) is 4.46. The average Bonchev–Trinajstić information content (AvgIpc) is 3.33. The zero-order chi connectivity index (χ0) is 22.9. The molecule has 0 saturated carbocycles. The molecule has 0 bridgehead atoms. The Morgan fingerprint density at radius 3 is 2.67 bits per heavy atom. The molecule has 3 aromatic heterocycles. The first kappa shape index (κ1) is 21.5. The number of aryl methyl sites for hydroxylation is 2. The fourth-order valence-corrected chi connectivity index (χ4v) is 5.35. The molecule has 1 N–H and O–H groups in total. The molecule has 4 aromatic rings. The SMILES string of the molecule is Cc1ccc2nc(NC(=O)CN3CCN(c4c(C)nn(-c5ccccn5)c4C)CC3)sc2c1. The molecule has 1 fully saturated rings. The zero-order valence-electron chi connectivity index (χ0n) is 19.1. The van der Waals surface area contributed by atoms with Gasteiger partial charge in [0.05, 0.1) is 33.8 Å². The molecule has 1 saturated heterocycles. The number of piperazine rings is 1. The first-order valence-electron chi connectivity index (χ1n) is 11.1. The van der Waals surface area contributed by atoms with Gasteiger partial charge >= 0.3 is 0 Å². The lowest BCUT2D eigenvalue weighted by molar-refractivity contribution is -0.117. The number of pyridine rings is 1. The summed E-state index contributed by atoms with van der Waals surface area (Å²) in [6, 6.07) is 12.0. The number of thiazole rings is 1. The summed E-state index contributed by atoms with van der Waals surface area (Å²) in [5.41, 5.74) is 5.36. The number of fused-ring (bicyclic) bond motifs is 1. The highest BCUT2D eigenvalue weighted by atomic mass is 32.1. The van der Waals surface area contributed by atoms with E-state index in [1.165, 1.54) is 16.9 Å². The molecule has 0 unspecified atom stereocenters. The number of hydrogen-bond acceptors (Lipinski definition) is 7. The Balaban J connectivity index is 1.20. The number of hydrogen-bond donors (Lipinski definition) is 1. The van der Waals surface area contributed by atoms with E-state index in [0.29, 0.717) is 11.7 Å². The van der Waals surface area contributed by atoms with Crippen LogP contribution in [-0.2, 0) is 4.79 Å². The molecule has 33 heavy (non-hydrogen) atoms. The summed E-state index contributed by atoms with van der Waals surface area (Å²) in [6.45, 7) is 9.90. The molecule has 1 aromatic carbocycles. The molecule has 0 spiro atoms. The molecular formula is C24H27N7OS. The minimum absolute atomic E-state index is 0.0189. The van der Waals surface area contributed by atoms with Crippen LogP contribution in [0.1, 0.15) is 17.0 Å². The van der Waals surface area contributed by atoms with Gasteiger partial charge in [-0.25, -0.2) is 14.6 Å². The van der Waals surface area contributed by atoms with Gasteiger partial charge in [-0.3, -0.25) is 9.69 Å². The van der Waals surface area contributed by atoms with E-state index < -0.39 is 0 Å². The smallest absolute Gasteiger partial charge is 0.240 e. The highest BCUT2D eigenvalue weighted by Gasteiger charge is 2.24. The number of nitrogens with one attached hydrogen (secondary N) is 1. The number of rotatable bonds is 5. The van der Waals surface area contributed by atoms with Crippen LogP contribution in [-0.4, -0.2) is 63.3 Å². The van der Waals surface area contributed by atoms with E-state index in [9.17, 15) is 4.79 Å². The Morgan fingerprint density at radius 2 is 1.91 bits per heavy atom. The number of carbonyl (C=O) groups excluding carboxylic acids is 1. The molecule has 4 heterocycles.